The molecule has 0 amide bonds. The molecule has 0 unspecified atom stereocenters. The first-order chi connectivity index (χ1) is 8.88. The number of nitrogens with zero attached hydrogens (tertiary/aromatic N) is 2. The summed E-state index contributed by atoms with van der Waals surface area (Å²) in [6, 6.07) is 4.59. The topological polar surface area (TPSA) is 98.0 Å². The molecule has 1 aromatic carbocycles. The Hall–Kier alpha value is -1.19. The highest BCUT2D eigenvalue weighted by atomic mass is 79.9. The second-order valence-electron chi connectivity index (χ2n) is 3.51. The van der Waals surface area contributed by atoms with Crippen molar-refractivity contribution < 1.29 is 8.42 Å². The molecule has 0 bridgehead atoms. The summed E-state index contributed by atoms with van der Waals surface area (Å²) in [6.07, 6.45) is 2.69. The van der Waals surface area contributed by atoms with E-state index in [9.17, 15) is 8.42 Å². The number of nitrogens with two attached hydrogens (primary N) is 1. The van der Waals surface area contributed by atoms with Crippen LogP contribution in [0.4, 0.5) is 11.5 Å². The maximum atomic E-state index is 12.2. The van der Waals surface area contributed by atoms with Crippen LogP contribution in [-0.2, 0) is 10.0 Å². The van der Waals surface area contributed by atoms with Gasteiger partial charge >= 0.3 is 0 Å². The number of rotatable bonds is 3. The maximum absolute atomic E-state index is 12.2. The van der Waals surface area contributed by atoms with Gasteiger partial charge in [0.1, 0.15) is 9.50 Å². The van der Waals surface area contributed by atoms with Gasteiger partial charge < -0.3 is 5.73 Å². The van der Waals surface area contributed by atoms with Crippen LogP contribution in [0.3, 0.4) is 0 Å². The van der Waals surface area contributed by atoms with Gasteiger partial charge in [0.25, 0.3) is 10.0 Å². The number of anilines is 2. The largest absolute Gasteiger partial charge is 0.398 e. The number of nitrogen functional groups attached to an aromatic ring is 1. The van der Waals surface area contributed by atoms with Crippen LogP contribution in [-0.4, -0.2) is 18.4 Å². The van der Waals surface area contributed by atoms with Crippen LogP contribution in [0.25, 0.3) is 0 Å². The SMILES string of the molecule is Nc1ccc(Br)cc1S(=O)(=O)Nc1cnc(Br)cn1. The summed E-state index contributed by atoms with van der Waals surface area (Å²) in [4.78, 5) is 7.75. The summed E-state index contributed by atoms with van der Waals surface area (Å²) < 4.78 is 27.8. The number of nitrogens with one attached hydrogen (secondary N) is 1. The fourth-order valence-electron chi connectivity index (χ4n) is 1.30. The molecule has 0 aliphatic heterocycles. The van der Waals surface area contributed by atoms with E-state index in [1.165, 1.54) is 24.5 Å². The summed E-state index contributed by atoms with van der Waals surface area (Å²) in [6.45, 7) is 0. The average Bonchev–Trinajstić information content (AvgIpc) is 2.35. The van der Waals surface area contributed by atoms with Gasteiger partial charge in [0.05, 0.1) is 18.1 Å². The van der Waals surface area contributed by atoms with Crippen molar-refractivity contribution in [3.63, 3.8) is 0 Å². The Balaban J connectivity index is 2.37. The van der Waals surface area contributed by atoms with E-state index in [1.54, 1.807) is 6.07 Å². The van der Waals surface area contributed by atoms with Gasteiger partial charge in [0, 0.05) is 4.47 Å². The van der Waals surface area contributed by atoms with Crippen molar-refractivity contribution in [2.45, 2.75) is 4.90 Å². The second kappa shape index (κ2) is 5.43. The molecule has 19 heavy (non-hydrogen) atoms. The van der Waals surface area contributed by atoms with Crippen LogP contribution in [0.1, 0.15) is 0 Å². The monoisotopic (exact) mass is 406 g/mol. The van der Waals surface area contributed by atoms with E-state index in [2.05, 4.69) is 46.5 Å². The Morgan fingerprint density at radius 2 is 1.89 bits per heavy atom. The molecule has 100 valence electrons. The third-order valence-electron chi connectivity index (χ3n) is 2.12. The lowest BCUT2D eigenvalue weighted by Crippen LogP contribution is -2.15. The van der Waals surface area contributed by atoms with Gasteiger partial charge in [-0.1, -0.05) is 15.9 Å². The maximum Gasteiger partial charge on any atom is 0.265 e. The molecule has 0 saturated heterocycles. The molecule has 1 heterocycles. The van der Waals surface area contributed by atoms with Crippen LogP contribution >= 0.6 is 31.9 Å². The van der Waals surface area contributed by atoms with Crippen molar-refractivity contribution in [2.75, 3.05) is 10.5 Å². The van der Waals surface area contributed by atoms with Gasteiger partial charge in [0.15, 0.2) is 5.82 Å². The molecule has 0 radical (unpaired) electrons. The van der Waals surface area contributed by atoms with E-state index in [4.69, 9.17) is 5.73 Å². The smallest absolute Gasteiger partial charge is 0.265 e. The Kier molecular flexibility index (Phi) is 4.07. The number of sulfonamides is 1. The normalized spacial score (nSPS) is 11.3. The molecule has 3 N–H and O–H groups in total. The zero-order chi connectivity index (χ0) is 14.0. The summed E-state index contributed by atoms with van der Waals surface area (Å²) in [5.41, 5.74) is 5.82. The Morgan fingerprint density at radius 1 is 1.16 bits per heavy atom. The van der Waals surface area contributed by atoms with Crippen LogP contribution in [0, 0.1) is 0 Å². The lowest BCUT2D eigenvalue weighted by atomic mass is 10.3. The Morgan fingerprint density at radius 3 is 2.53 bits per heavy atom. The molecule has 0 saturated carbocycles. The fourth-order valence-corrected chi connectivity index (χ4v) is 3.17. The minimum absolute atomic E-state index is 0.0217. The van der Waals surface area contributed by atoms with Gasteiger partial charge in [0.2, 0.25) is 0 Å². The number of aromatic nitrogens is 2. The predicted octanol–water partition coefficient (Wildman–Crippen LogP) is 2.38. The molecule has 2 rings (SSSR count). The van der Waals surface area contributed by atoms with Crippen molar-refractivity contribution >= 4 is 53.4 Å². The summed E-state index contributed by atoms with van der Waals surface area (Å²) in [5, 5.41) is 0. The van der Waals surface area contributed by atoms with E-state index in [0.29, 0.717) is 9.08 Å². The number of halogens is 2. The molecule has 2 aromatic rings. The molecule has 6 nitrogen and oxygen atoms in total. The number of benzene rings is 1. The van der Waals surface area contributed by atoms with Crippen molar-refractivity contribution in [2.24, 2.45) is 0 Å². The van der Waals surface area contributed by atoms with E-state index in [-0.39, 0.29) is 16.4 Å². The quantitative estimate of drug-likeness (QED) is 0.761. The molecule has 0 atom stereocenters. The van der Waals surface area contributed by atoms with E-state index in [0.717, 1.165) is 0 Å². The highest BCUT2D eigenvalue weighted by Gasteiger charge is 2.18. The van der Waals surface area contributed by atoms with E-state index in [1.807, 2.05) is 0 Å². The Labute approximate surface area is 126 Å². The van der Waals surface area contributed by atoms with Gasteiger partial charge in [-0.25, -0.2) is 18.4 Å². The predicted molar refractivity (Wildman–Crippen MR) is 79.1 cm³/mol. The van der Waals surface area contributed by atoms with Gasteiger partial charge in [-0.2, -0.15) is 0 Å². The third-order valence-corrected chi connectivity index (χ3v) is 4.44. The van der Waals surface area contributed by atoms with Gasteiger partial charge in [-0.05, 0) is 34.1 Å². The van der Waals surface area contributed by atoms with E-state index < -0.39 is 10.0 Å². The summed E-state index contributed by atoms with van der Waals surface area (Å²) in [5.74, 6) is 0.113. The fraction of sp³-hybridized carbons (Fsp3) is 0. The third kappa shape index (κ3) is 3.43. The van der Waals surface area contributed by atoms with Crippen molar-refractivity contribution in [1.82, 2.24) is 9.97 Å². The highest BCUT2D eigenvalue weighted by Crippen LogP contribution is 2.24. The molecular weight excluding hydrogens is 400 g/mol. The number of hydrogen-bond donors (Lipinski definition) is 2. The minimum atomic E-state index is -3.80. The average molecular weight is 408 g/mol. The van der Waals surface area contributed by atoms with Crippen LogP contribution in [0.5, 0.6) is 0 Å². The second-order valence-corrected chi connectivity index (χ2v) is 6.89. The number of hydrogen-bond acceptors (Lipinski definition) is 5. The zero-order valence-corrected chi connectivity index (χ0v) is 13.3. The minimum Gasteiger partial charge on any atom is -0.398 e. The Bertz CT molecular complexity index is 704. The first kappa shape index (κ1) is 14.2. The molecule has 1 aromatic heterocycles. The molecule has 0 fully saturated rings. The van der Waals surface area contributed by atoms with Crippen LogP contribution in [0.2, 0.25) is 0 Å². The van der Waals surface area contributed by atoms with Crippen molar-refractivity contribution in [1.29, 1.82) is 0 Å². The summed E-state index contributed by atoms with van der Waals surface area (Å²) in [7, 11) is -3.80. The van der Waals surface area contributed by atoms with E-state index >= 15 is 0 Å². The molecule has 9 heteroatoms. The lowest BCUT2D eigenvalue weighted by Gasteiger charge is -2.09. The van der Waals surface area contributed by atoms with Gasteiger partial charge in [-0.3, -0.25) is 4.72 Å². The molecular formula is C10H8Br2N4O2S. The molecule has 0 aliphatic rings. The lowest BCUT2D eigenvalue weighted by molar-refractivity contribution is 0.601. The van der Waals surface area contributed by atoms with Crippen molar-refractivity contribution in [3.8, 4) is 0 Å². The van der Waals surface area contributed by atoms with Gasteiger partial charge in [-0.15, -0.1) is 0 Å². The van der Waals surface area contributed by atoms with Crippen LogP contribution < -0.4 is 10.5 Å². The standard InChI is InChI=1S/C10H8Br2N4O2S/c11-6-1-2-7(13)8(3-6)19(17,18)16-10-5-14-9(12)4-15-10/h1-5H,13H2,(H,15,16). The molecule has 0 spiro atoms. The first-order valence-corrected chi connectivity index (χ1v) is 8.01. The van der Waals surface area contributed by atoms with Crippen molar-refractivity contribution in [3.05, 3.63) is 39.7 Å². The zero-order valence-electron chi connectivity index (χ0n) is 9.34. The summed E-state index contributed by atoms with van der Waals surface area (Å²) >= 11 is 6.32. The first-order valence-electron chi connectivity index (χ1n) is 4.94. The molecule has 0 aliphatic carbocycles. The van der Waals surface area contributed by atoms with Crippen LogP contribution in [0.15, 0.2) is 44.6 Å². The highest BCUT2D eigenvalue weighted by molar-refractivity contribution is 9.10.